The van der Waals surface area contributed by atoms with Gasteiger partial charge in [-0.05, 0) is 43.7 Å². The first-order valence-electron chi connectivity index (χ1n) is 8.74. The van der Waals surface area contributed by atoms with Crippen LogP contribution in [0.15, 0.2) is 42.5 Å². The lowest BCUT2D eigenvalue weighted by Crippen LogP contribution is -2.55. The molecule has 0 radical (unpaired) electrons. The van der Waals surface area contributed by atoms with E-state index in [1.165, 1.54) is 5.39 Å². The van der Waals surface area contributed by atoms with Crippen LogP contribution in [0.2, 0.25) is 0 Å². The first-order valence-corrected chi connectivity index (χ1v) is 8.74. The van der Waals surface area contributed by atoms with Crippen molar-refractivity contribution in [2.45, 2.75) is 32.4 Å². The summed E-state index contributed by atoms with van der Waals surface area (Å²) in [5.41, 5.74) is -0.473. The van der Waals surface area contributed by atoms with Gasteiger partial charge in [-0.3, -0.25) is 0 Å². The standard InChI is InChI=1S/C20H26N2O3/c1-20(2,3)25-19(23)22-11-10-21-17(13-22)14-24-18-9-8-15-6-4-5-7-16(15)12-18/h4-9,12,17,21H,10-11,13-14H2,1-3H3/t17-/m1/s1. The van der Waals surface area contributed by atoms with E-state index in [1.807, 2.05) is 45.0 Å². The van der Waals surface area contributed by atoms with E-state index in [2.05, 4.69) is 23.5 Å². The van der Waals surface area contributed by atoms with Crippen molar-refractivity contribution in [1.29, 1.82) is 0 Å². The van der Waals surface area contributed by atoms with Crippen molar-refractivity contribution in [3.05, 3.63) is 42.5 Å². The fourth-order valence-electron chi connectivity index (χ4n) is 2.88. The van der Waals surface area contributed by atoms with Crippen molar-refractivity contribution in [1.82, 2.24) is 10.2 Å². The highest BCUT2D eigenvalue weighted by Crippen LogP contribution is 2.21. The van der Waals surface area contributed by atoms with E-state index >= 15 is 0 Å². The van der Waals surface area contributed by atoms with Gasteiger partial charge in [-0.25, -0.2) is 4.79 Å². The van der Waals surface area contributed by atoms with Crippen molar-refractivity contribution < 1.29 is 14.3 Å². The Labute approximate surface area is 148 Å². The molecule has 2 aromatic carbocycles. The first-order chi connectivity index (χ1) is 11.9. The zero-order valence-electron chi connectivity index (χ0n) is 15.1. The van der Waals surface area contributed by atoms with Crippen LogP contribution >= 0.6 is 0 Å². The van der Waals surface area contributed by atoms with Gasteiger partial charge in [-0.1, -0.05) is 30.3 Å². The highest BCUT2D eigenvalue weighted by molar-refractivity contribution is 5.83. The molecule has 0 aromatic heterocycles. The summed E-state index contributed by atoms with van der Waals surface area (Å²) in [6, 6.07) is 14.4. The number of benzene rings is 2. The second kappa shape index (κ2) is 7.31. The number of carbonyl (C=O) groups is 1. The molecule has 5 heteroatoms. The molecule has 0 spiro atoms. The predicted octanol–water partition coefficient (Wildman–Crippen LogP) is 3.43. The molecule has 134 valence electrons. The summed E-state index contributed by atoms with van der Waals surface area (Å²) < 4.78 is 11.4. The second-order valence-corrected chi connectivity index (χ2v) is 7.40. The average Bonchev–Trinajstić information content (AvgIpc) is 2.58. The van der Waals surface area contributed by atoms with Crippen LogP contribution < -0.4 is 10.1 Å². The van der Waals surface area contributed by atoms with Gasteiger partial charge in [0.1, 0.15) is 18.0 Å². The molecule has 0 unspecified atom stereocenters. The molecule has 1 N–H and O–H groups in total. The van der Waals surface area contributed by atoms with E-state index in [0.29, 0.717) is 19.7 Å². The molecule has 1 aliphatic rings. The van der Waals surface area contributed by atoms with Crippen LogP contribution in [0.1, 0.15) is 20.8 Å². The molecule has 1 atom stereocenters. The SMILES string of the molecule is CC(C)(C)OC(=O)N1CCN[C@@H](COc2ccc3ccccc3c2)C1. The predicted molar refractivity (Wildman–Crippen MR) is 99.0 cm³/mol. The summed E-state index contributed by atoms with van der Waals surface area (Å²) in [6.45, 7) is 8.14. The lowest BCUT2D eigenvalue weighted by molar-refractivity contribution is 0.0178. The normalized spacial score (nSPS) is 18.2. The number of nitrogens with one attached hydrogen (secondary N) is 1. The molecule has 1 amide bonds. The van der Waals surface area contributed by atoms with Gasteiger partial charge >= 0.3 is 6.09 Å². The quantitative estimate of drug-likeness (QED) is 0.928. The number of amides is 1. The van der Waals surface area contributed by atoms with Crippen LogP contribution in [-0.2, 0) is 4.74 Å². The molecule has 2 aromatic rings. The summed E-state index contributed by atoms with van der Waals surface area (Å²) in [5.74, 6) is 0.842. The number of hydrogen-bond acceptors (Lipinski definition) is 4. The van der Waals surface area contributed by atoms with Gasteiger partial charge in [0.25, 0.3) is 0 Å². The number of hydrogen-bond donors (Lipinski definition) is 1. The highest BCUT2D eigenvalue weighted by atomic mass is 16.6. The maximum atomic E-state index is 12.2. The molecule has 1 aliphatic heterocycles. The van der Waals surface area contributed by atoms with E-state index in [9.17, 15) is 4.79 Å². The van der Waals surface area contributed by atoms with Gasteiger partial charge in [-0.15, -0.1) is 0 Å². The van der Waals surface area contributed by atoms with E-state index in [4.69, 9.17) is 9.47 Å². The van der Waals surface area contributed by atoms with Gasteiger partial charge in [0.2, 0.25) is 0 Å². The monoisotopic (exact) mass is 342 g/mol. The van der Waals surface area contributed by atoms with Crippen molar-refractivity contribution in [2.75, 3.05) is 26.2 Å². The maximum absolute atomic E-state index is 12.2. The van der Waals surface area contributed by atoms with Crippen LogP contribution in [0.3, 0.4) is 0 Å². The zero-order chi connectivity index (χ0) is 17.9. The van der Waals surface area contributed by atoms with Crippen LogP contribution in [0.25, 0.3) is 10.8 Å². The van der Waals surface area contributed by atoms with E-state index in [0.717, 1.165) is 17.7 Å². The number of nitrogens with zero attached hydrogens (tertiary/aromatic N) is 1. The third kappa shape index (κ3) is 4.86. The third-order valence-corrected chi connectivity index (χ3v) is 4.08. The molecular formula is C20H26N2O3. The summed E-state index contributed by atoms with van der Waals surface area (Å²) >= 11 is 0. The van der Waals surface area contributed by atoms with E-state index in [-0.39, 0.29) is 12.1 Å². The number of piperazine rings is 1. The fourth-order valence-corrected chi connectivity index (χ4v) is 2.88. The highest BCUT2D eigenvalue weighted by Gasteiger charge is 2.27. The van der Waals surface area contributed by atoms with Crippen molar-refractivity contribution in [3.8, 4) is 5.75 Å². The van der Waals surface area contributed by atoms with Gasteiger partial charge in [-0.2, -0.15) is 0 Å². The van der Waals surface area contributed by atoms with Crippen molar-refractivity contribution >= 4 is 16.9 Å². The summed E-state index contributed by atoms with van der Waals surface area (Å²) in [6.07, 6.45) is -0.260. The van der Waals surface area contributed by atoms with Crippen LogP contribution in [0.4, 0.5) is 4.79 Å². The first kappa shape index (κ1) is 17.5. The molecule has 1 saturated heterocycles. The number of ether oxygens (including phenoxy) is 2. The maximum Gasteiger partial charge on any atom is 0.410 e. The van der Waals surface area contributed by atoms with Crippen LogP contribution in [0, 0.1) is 0 Å². The molecule has 3 rings (SSSR count). The van der Waals surface area contributed by atoms with Crippen molar-refractivity contribution in [3.63, 3.8) is 0 Å². The Morgan fingerprint density at radius 3 is 2.72 bits per heavy atom. The Bertz CT molecular complexity index is 739. The molecule has 0 bridgehead atoms. The number of rotatable bonds is 3. The zero-order valence-corrected chi connectivity index (χ0v) is 15.1. The minimum absolute atomic E-state index is 0.0905. The Morgan fingerprint density at radius 2 is 1.96 bits per heavy atom. The molecule has 0 aliphatic carbocycles. The molecule has 25 heavy (non-hydrogen) atoms. The third-order valence-electron chi connectivity index (χ3n) is 4.08. The fraction of sp³-hybridized carbons (Fsp3) is 0.450. The van der Waals surface area contributed by atoms with Crippen LogP contribution in [0.5, 0.6) is 5.75 Å². The topological polar surface area (TPSA) is 50.8 Å². The van der Waals surface area contributed by atoms with Gasteiger partial charge in [0, 0.05) is 19.6 Å². The lowest BCUT2D eigenvalue weighted by Gasteiger charge is -2.34. The Kier molecular flexibility index (Phi) is 5.13. The Morgan fingerprint density at radius 1 is 1.20 bits per heavy atom. The summed E-state index contributed by atoms with van der Waals surface area (Å²) in [5, 5.41) is 5.76. The Hall–Kier alpha value is -2.27. The van der Waals surface area contributed by atoms with Gasteiger partial charge in [0.05, 0.1) is 6.04 Å². The molecular weight excluding hydrogens is 316 g/mol. The summed E-state index contributed by atoms with van der Waals surface area (Å²) in [4.78, 5) is 14.0. The summed E-state index contributed by atoms with van der Waals surface area (Å²) in [7, 11) is 0. The average molecular weight is 342 g/mol. The minimum Gasteiger partial charge on any atom is -0.492 e. The molecule has 0 saturated carbocycles. The number of carbonyl (C=O) groups excluding carboxylic acids is 1. The minimum atomic E-state index is -0.473. The second-order valence-electron chi connectivity index (χ2n) is 7.40. The smallest absolute Gasteiger partial charge is 0.410 e. The largest absolute Gasteiger partial charge is 0.492 e. The van der Waals surface area contributed by atoms with Crippen LogP contribution in [-0.4, -0.2) is 48.9 Å². The van der Waals surface area contributed by atoms with Crippen molar-refractivity contribution in [2.24, 2.45) is 0 Å². The van der Waals surface area contributed by atoms with E-state index in [1.54, 1.807) is 4.90 Å². The van der Waals surface area contributed by atoms with Gasteiger partial charge < -0.3 is 19.7 Å². The number of fused-ring (bicyclic) bond motifs is 1. The Balaban J connectivity index is 1.56. The lowest BCUT2D eigenvalue weighted by atomic mass is 10.1. The van der Waals surface area contributed by atoms with E-state index < -0.39 is 5.60 Å². The molecule has 5 nitrogen and oxygen atoms in total. The van der Waals surface area contributed by atoms with Gasteiger partial charge in [0.15, 0.2) is 0 Å². The molecule has 1 heterocycles. The molecule has 1 fully saturated rings.